The zero-order valence-corrected chi connectivity index (χ0v) is 13.4. The van der Waals surface area contributed by atoms with E-state index in [0.717, 1.165) is 5.56 Å². The second-order valence-electron chi connectivity index (χ2n) is 5.44. The monoisotopic (exact) mass is 316 g/mol. The highest BCUT2D eigenvalue weighted by Crippen LogP contribution is 2.50. The van der Waals surface area contributed by atoms with Crippen molar-refractivity contribution >= 4 is 29.1 Å². The lowest BCUT2D eigenvalue weighted by Gasteiger charge is -2.32. The van der Waals surface area contributed by atoms with Gasteiger partial charge in [-0.2, -0.15) is 0 Å². The Bertz CT molecular complexity index is 623. The van der Waals surface area contributed by atoms with E-state index in [-0.39, 0.29) is 16.3 Å². The summed E-state index contributed by atoms with van der Waals surface area (Å²) < 4.78 is 0. The van der Waals surface area contributed by atoms with Crippen molar-refractivity contribution in [2.45, 2.75) is 29.2 Å². The first-order chi connectivity index (χ1) is 10.1. The molecule has 1 fully saturated rings. The van der Waals surface area contributed by atoms with Crippen LogP contribution < -0.4 is 0 Å². The summed E-state index contributed by atoms with van der Waals surface area (Å²) in [6, 6.07) is 18.5. The van der Waals surface area contributed by atoms with Gasteiger partial charge in [-0.3, -0.25) is 4.79 Å². The van der Waals surface area contributed by atoms with E-state index in [2.05, 4.69) is 43.3 Å². The third kappa shape index (κ3) is 3.17. The van der Waals surface area contributed by atoms with Crippen LogP contribution in [0.4, 0.5) is 0 Å². The Hall–Kier alpha value is -1.25. The number of alkyl halides is 1. The minimum Gasteiger partial charge on any atom is -0.298 e. The molecule has 0 saturated carbocycles. The first-order valence-electron chi connectivity index (χ1n) is 7.09. The fraction of sp³-hybridized carbons (Fsp3) is 0.278. The van der Waals surface area contributed by atoms with Gasteiger partial charge in [0.2, 0.25) is 0 Å². The third-order valence-corrected chi connectivity index (χ3v) is 6.10. The van der Waals surface area contributed by atoms with E-state index >= 15 is 0 Å². The minimum absolute atomic E-state index is 0.0282. The first-order valence-corrected chi connectivity index (χ1v) is 8.47. The number of benzene rings is 2. The molecule has 0 N–H and O–H groups in total. The van der Waals surface area contributed by atoms with Crippen LogP contribution in [0.5, 0.6) is 0 Å². The number of Topliss-reactive ketones (excluding diaryl/α,β-unsaturated/α-hetero) is 1. The summed E-state index contributed by atoms with van der Waals surface area (Å²) in [5.74, 6) is 0.148. The molecule has 2 aromatic carbocycles. The highest BCUT2D eigenvalue weighted by atomic mass is 35.5. The molecule has 0 aliphatic carbocycles. The molecule has 1 aliphatic heterocycles. The van der Waals surface area contributed by atoms with Crippen LogP contribution >= 0.6 is 23.4 Å². The van der Waals surface area contributed by atoms with Gasteiger partial charge in [-0.05, 0) is 18.1 Å². The third-order valence-electron chi connectivity index (χ3n) is 3.85. The molecule has 3 unspecified atom stereocenters. The van der Waals surface area contributed by atoms with Gasteiger partial charge in [0.05, 0.1) is 5.25 Å². The van der Waals surface area contributed by atoms with E-state index in [1.165, 1.54) is 11.1 Å². The molecule has 1 nitrogen and oxygen atoms in total. The van der Waals surface area contributed by atoms with E-state index in [0.29, 0.717) is 6.42 Å². The van der Waals surface area contributed by atoms with Crippen LogP contribution in [0.2, 0.25) is 0 Å². The van der Waals surface area contributed by atoms with Gasteiger partial charge in [-0.1, -0.05) is 60.2 Å². The minimum atomic E-state index is -0.431. The van der Waals surface area contributed by atoms with Crippen molar-refractivity contribution in [1.29, 1.82) is 0 Å². The highest BCUT2D eigenvalue weighted by molar-refractivity contribution is 8.00. The van der Waals surface area contributed by atoms with Crippen LogP contribution in [0, 0.1) is 6.92 Å². The molecule has 1 aliphatic rings. The number of carbonyl (C=O) groups excluding carboxylic acids is 1. The topological polar surface area (TPSA) is 17.1 Å². The van der Waals surface area contributed by atoms with Gasteiger partial charge in [0.25, 0.3) is 0 Å². The van der Waals surface area contributed by atoms with Gasteiger partial charge >= 0.3 is 0 Å². The van der Waals surface area contributed by atoms with Crippen LogP contribution in [0.15, 0.2) is 54.6 Å². The molecule has 0 spiro atoms. The Labute approximate surface area is 134 Å². The lowest BCUT2D eigenvalue weighted by atomic mass is 9.99. The average molecular weight is 317 g/mol. The zero-order valence-electron chi connectivity index (χ0n) is 11.8. The lowest BCUT2D eigenvalue weighted by Crippen LogP contribution is -2.28. The van der Waals surface area contributed by atoms with Crippen molar-refractivity contribution < 1.29 is 4.79 Å². The molecule has 3 atom stereocenters. The summed E-state index contributed by atoms with van der Waals surface area (Å²) in [6.45, 7) is 2.07. The molecule has 1 heterocycles. The number of carbonyl (C=O) groups is 1. The average Bonchev–Trinajstić information content (AvgIpc) is 2.51. The van der Waals surface area contributed by atoms with E-state index in [1.54, 1.807) is 11.8 Å². The molecule has 3 heteroatoms. The van der Waals surface area contributed by atoms with Crippen LogP contribution in [0.3, 0.4) is 0 Å². The highest BCUT2D eigenvalue weighted by Gasteiger charge is 2.37. The van der Waals surface area contributed by atoms with Crippen molar-refractivity contribution in [2.75, 3.05) is 0 Å². The predicted molar refractivity (Wildman–Crippen MR) is 90.0 cm³/mol. The van der Waals surface area contributed by atoms with E-state index in [4.69, 9.17) is 11.6 Å². The maximum absolute atomic E-state index is 12.3. The van der Waals surface area contributed by atoms with Gasteiger partial charge in [-0.15, -0.1) is 23.4 Å². The smallest absolute Gasteiger partial charge is 0.153 e. The molecule has 0 bridgehead atoms. The van der Waals surface area contributed by atoms with Crippen molar-refractivity contribution in [1.82, 2.24) is 0 Å². The van der Waals surface area contributed by atoms with Gasteiger partial charge < -0.3 is 0 Å². The Morgan fingerprint density at radius 2 is 1.67 bits per heavy atom. The number of ketones is 1. The van der Waals surface area contributed by atoms with E-state index < -0.39 is 5.38 Å². The van der Waals surface area contributed by atoms with Crippen LogP contribution in [0.1, 0.15) is 33.6 Å². The molecular weight excluding hydrogens is 300 g/mol. The maximum Gasteiger partial charge on any atom is 0.153 e. The van der Waals surface area contributed by atoms with Crippen molar-refractivity contribution in [2.24, 2.45) is 0 Å². The van der Waals surface area contributed by atoms with Gasteiger partial charge in [0, 0.05) is 11.7 Å². The molecule has 21 heavy (non-hydrogen) atoms. The largest absolute Gasteiger partial charge is 0.298 e. The number of hydrogen-bond acceptors (Lipinski definition) is 2. The van der Waals surface area contributed by atoms with E-state index in [9.17, 15) is 4.79 Å². The maximum atomic E-state index is 12.3. The fourth-order valence-electron chi connectivity index (χ4n) is 2.63. The summed E-state index contributed by atoms with van der Waals surface area (Å²) in [5.41, 5.74) is 3.58. The van der Waals surface area contributed by atoms with Gasteiger partial charge in [-0.25, -0.2) is 0 Å². The lowest BCUT2D eigenvalue weighted by molar-refractivity contribution is -0.119. The fourth-order valence-corrected chi connectivity index (χ4v) is 4.57. The summed E-state index contributed by atoms with van der Waals surface area (Å²) >= 11 is 8.18. The summed E-state index contributed by atoms with van der Waals surface area (Å²) in [6.07, 6.45) is 0.519. The van der Waals surface area contributed by atoms with Crippen molar-refractivity contribution in [3.8, 4) is 0 Å². The SMILES string of the molecule is Cc1ccc(C2CC(=O)C(Cl)C(c3ccccc3)S2)cc1. The first kappa shape index (κ1) is 14.7. The molecule has 0 radical (unpaired) electrons. The zero-order chi connectivity index (χ0) is 14.8. The number of rotatable bonds is 2. The summed E-state index contributed by atoms with van der Waals surface area (Å²) in [7, 11) is 0. The number of hydrogen-bond donors (Lipinski definition) is 0. The predicted octanol–water partition coefficient (Wildman–Crippen LogP) is 5.09. The molecular formula is C18H17ClOS. The quantitative estimate of drug-likeness (QED) is 0.718. The second kappa shape index (κ2) is 6.25. The molecule has 0 amide bonds. The van der Waals surface area contributed by atoms with Crippen LogP contribution in [0.25, 0.3) is 0 Å². The van der Waals surface area contributed by atoms with E-state index in [1.807, 2.05) is 18.2 Å². The Balaban J connectivity index is 1.88. The Kier molecular flexibility index (Phi) is 4.37. The number of aryl methyl sites for hydroxylation is 1. The standard InChI is InChI=1S/C18H17ClOS/c1-12-7-9-13(10-8-12)16-11-15(20)17(19)18(21-16)14-5-3-2-4-6-14/h2-10,16-18H,11H2,1H3. The Morgan fingerprint density at radius 3 is 2.33 bits per heavy atom. The second-order valence-corrected chi connectivity index (χ2v) is 7.26. The Morgan fingerprint density at radius 1 is 1.00 bits per heavy atom. The van der Waals surface area contributed by atoms with Crippen molar-refractivity contribution in [3.05, 3.63) is 71.3 Å². The van der Waals surface area contributed by atoms with Gasteiger partial charge in [0.1, 0.15) is 5.38 Å². The van der Waals surface area contributed by atoms with Gasteiger partial charge in [0.15, 0.2) is 5.78 Å². The molecule has 0 aromatic heterocycles. The van der Waals surface area contributed by atoms with Crippen molar-refractivity contribution in [3.63, 3.8) is 0 Å². The summed E-state index contributed by atoms with van der Waals surface area (Å²) in [4.78, 5) is 12.3. The summed E-state index contributed by atoms with van der Waals surface area (Å²) in [5, 5.41) is -0.210. The number of halogens is 1. The molecule has 1 saturated heterocycles. The van der Waals surface area contributed by atoms with Crippen LogP contribution in [-0.4, -0.2) is 11.2 Å². The molecule has 2 aromatic rings. The normalized spacial score (nSPS) is 25.8. The number of thioether (sulfide) groups is 1. The molecule has 108 valence electrons. The molecule has 3 rings (SSSR count). The van der Waals surface area contributed by atoms with Crippen LogP contribution in [-0.2, 0) is 4.79 Å².